The van der Waals surface area contributed by atoms with Crippen LogP contribution in [0.15, 0.2) is 30.3 Å². The van der Waals surface area contributed by atoms with Gasteiger partial charge in [-0.05, 0) is 12.5 Å². The first-order chi connectivity index (χ1) is 8.95. The van der Waals surface area contributed by atoms with Gasteiger partial charge in [0.25, 0.3) is 0 Å². The Balaban J connectivity index is 2.47. The second-order valence-electron chi connectivity index (χ2n) is 4.52. The van der Waals surface area contributed by atoms with Crippen molar-refractivity contribution in [3.05, 3.63) is 35.9 Å². The molecule has 0 aliphatic carbocycles. The maximum absolute atomic E-state index is 11.6. The number of nitrogens with one attached hydrogen (secondary N) is 1. The first kappa shape index (κ1) is 15.0. The van der Waals surface area contributed by atoms with Crippen LogP contribution in [-0.4, -0.2) is 29.3 Å². The Kier molecular flexibility index (Phi) is 5.32. The number of carboxylic acids is 1. The van der Waals surface area contributed by atoms with Gasteiger partial charge in [-0.25, -0.2) is 4.79 Å². The first-order valence-electron chi connectivity index (χ1n) is 5.86. The van der Waals surface area contributed by atoms with Gasteiger partial charge in [0.1, 0.15) is 6.61 Å². The Hall–Kier alpha value is -2.08. The van der Waals surface area contributed by atoms with E-state index < -0.39 is 17.6 Å². The highest BCUT2D eigenvalue weighted by atomic mass is 16.5. The summed E-state index contributed by atoms with van der Waals surface area (Å²) in [5.41, 5.74) is 5.32. The number of amides is 1. The molecule has 0 radical (unpaired) electrons. The van der Waals surface area contributed by atoms with E-state index in [2.05, 4.69) is 5.32 Å². The minimum Gasteiger partial charge on any atom is -0.481 e. The number of carbonyl (C=O) groups is 2. The van der Waals surface area contributed by atoms with Crippen LogP contribution in [0.1, 0.15) is 18.9 Å². The van der Waals surface area contributed by atoms with Crippen molar-refractivity contribution >= 4 is 12.1 Å². The Labute approximate surface area is 111 Å². The summed E-state index contributed by atoms with van der Waals surface area (Å²) in [6, 6.07) is 9.19. The molecule has 4 N–H and O–H groups in total. The molecule has 0 saturated heterocycles. The number of hydrogen-bond acceptors (Lipinski definition) is 4. The second-order valence-corrected chi connectivity index (χ2v) is 4.52. The van der Waals surface area contributed by atoms with E-state index in [1.807, 2.05) is 30.3 Å². The van der Waals surface area contributed by atoms with Crippen LogP contribution in [0, 0.1) is 0 Å². The Morgan fingerprint density at radius 2 is 2.00 bits per heavy atom. The van der Waals surface area contributed by atoms with E-state index in [9.17, 15) is 9.59 Å². The number of benzene rings is 1. The van der Waals surface area contributed by atoms with Gasteiger partial charge in [0.15, 0.2) is 0 Å². The minimum atomic E-state index is -1.03. The van der Waals surface area contributed by atoms with Crippen molar-refractivity contribution in [2.24, 2.45) is 5.73 Å². The Morgan fingerprint density at radius 1 is 1.37 bits per heavy atom. The summed E-state index contributed by atoms with van der Waals surface area (Å²) < 4.78 is 5.01. The van der Waals surface area contributed by atoms with Gasteiger partial charge in [-0.2, -0.15) is 0 Å². The summed E-state index contributed by atoms with van der Waals surface area (Å²) in [5, 5.41) is 11.2. The van der Waals surface area contributed by atoms with E-state index in [1.165, 1.54) is 0 Å². The lowest BCUT2D eigenvalue weighted by Crippen LogP contribution is -2.52. The fourth-order valence-corrected chi connectivity index (χ4v) is 1.51. The number of alkyl carbamates (subject to hydrolysis) is 1. The molecule has 0 saturated carbocycles. The van der Waals surface area contributed by atoms with Crippen LogP contribution in [0.2, 0.25) is 0 Å². The maximum Gasteiger partial charge on any atom is 0.407 e. The quantitative estimate of drug-likeness (QED) is 0.715. The van der Waals surface area contributed by atoms with E-state index in [1.54, 1.807) is 6.92 Å². The van der Waals surface area contributed by atoms with Crippen molar-refractivity contribution in [2.75, 3.05) is 6.54 Å². The Morgan fingerprint density at radius 3 is 2.53 bits per heavy atom. The molecule has 0 heterocycles. The number of rotatable bonds is 6. The van der Waals surface area contributed by atoms with Crippen LogP contribution in [-0.2, 0) is 16.1 Å². The van der Waals surface area contributed by atoms with E-state index in [0.29, 0.717) is 0 Å². The molecule has 0 aromatic heterocycles. The number of aliphatic carboxylic acids is 1. The summed E-state index contributed by atoms with van der Waals surface area (Å²) >= 11 is 0. The average molecular weight is 266 g/mol. The number of hydrogen-bond donors (Lipinski definition) is 3. The molecule has 1 rings (SSSR count). The maximum atomic E-state index is 11.6. The molecule has 1 amide bonds. The molecule has 0 bridgehead atoms. The molecule has 6 nitrogen and oxygen atoms in total. The third-order valence-corrected chi connectivity index (χ3v) is 2.61. The first-order valence-corrected chi connectivity index (χ1v) is 5.86. The van der Waals surface area contributed by atoms with Gasteiger partial charge in [-0.15, -0.1) is 0 Å². The van der Waals surface area contributed by atoms with Gasteiger partial charge in [0.05, 0.1) is 12.0 Å². The van der Waals surface area contributed by atoms with E-state index in [4.69, 9.17) is 15.6 Å². The minimum absolute atomic E-state index is 0.0136. The monoisotopic (exact) mass is 266 g/mol. The summed E-state index contributed by atoms with van der Waals surface area (Å²) in [6.45, 7) is 1.70. The van der Waals surface area contributed by atoms with Gasteiger partial charge in [0, 0.05) is 6.54 Å². The van der Waals surface area contributed by atoms with E-state index >= 15 is 0 Å². The van der Waals surface area contributed by atoms with Crippen LogP contribution in [0.3, 0.4) is 0 Å². The highest BCUT2D eigenvalue weighted by Crippen LogP contribution is 2.09. The van der Waals surface area contributed by atoms with Crippen LogP contribution in [0.25, 0.3) is 0 Å². The molecule has 0 fully saturated rings. The predicted octanol–water partition coefficient (Wildman–Crippen LogP) is 1.10. The lowest BCUT2D eigenvalue weighted by Gasteiger charge is -2.26. The Bertz CT molecular complexity index is 436. The van der Waals surface area contributed by atoms with E-state index in [0.717, 1.165) is 5.56 Å². The molecular weight excluding hydrogens is 248 g/mol. The number of carboxylic acid groups (broad SMARTS) is 1. The van der Waals surface area contributed by atoms with Crippen LogP contribution in [0.4, 0.5) is 4.79 Å². The topological polar surface area (TPSA) is 102 Å². The molecule has 1 aromatic carbocycles. The normalized spacial score (nSPS) is 13.4. The molecule has 19 heavy (non-hydrogen) atoms. The zero-order chi connectivity index (χ0) is 14.3. The summed E-state index contributed by atoms with van der Waals surface area (Å²) in [4.78, 5) is 22.3. The zero-order valence-electron chi connectivity index (χ0n) is 10.8. The predicted molar refractivity (Wildman–Crippen MR) is 69.5 cm³/mol. The van der Waals surface area contributed by atoms with Gasteiger partial charge < -0.3 is 20.9 Å². The lowest BCUT2D eigenvalue weighted by atomic mass is 9.98. The molecule has 6 heteroatoms. The van der Waals surface area contributed by atoms with Crippen molar-refractivity contribution in [1.82, 2.24) is 5.32 Å². The van der Waals surface area contributed by atoms with Crippen molar-refractivity contribution in [3.8, 4) is 0 Å². The molecular formula is C13H18N2O4. The SMILES string of the molecule is CC(CN)(CC(=O)O)NC(=O)OCc1ccccc1. The third kappa shape index (κ3) is 5.39. The highest BCUT2D eigenvalue weighted by molar-refractivity contribution is 5.72. The van der Waals surface area contributed by atoms with Crippen LogP contribution >= 0.6 is 0 Å². The molecule has 104 valence electrons. The largest absolute Gasteiger partial charge is 0.481 e. The summed E-state index contributed by atoms with van der Waals surface area (Å²) in [5.74, 6) is -1.03. The molecule has 0 spiro atoms. The fourth-order valence-electron chi connectivity index (χ4n) is 1.51. The molecule has 1 atom stereocenters. The van der Waals surface area contributed by atoms with Crippen molar-refractivity contribution < 1.29 is 19.4 Å². The van der Waals surface area contributed by atoms with Gasteiger partial charge in [-0.3, -0.25) is 4.79 Å². The molecule has 0 aliphatic heterocycles. The third-order valence-electron chi connectivity index (χ3n) is 2.61. The molecule has 1 unspecified atom stereocenters. The van der Waals surface area contributed by atoms with Gasteiger partial charge in [0.2, 0.25) is 0 Å². The fraction of sp³-hybridized carbons (Fsp3) is 0.385. The highest BCUT2D eigenvalue weighted by Gasteiger charge is 2.28. The number of ether oxygens (including phenoxy) is 1. The lowest BCUT2D eigenvalue weighted by molar-refractivity contribution is -0.138. The molecule has 1 aromatic rings. The van der Waals surface area contributed by atoms with Gasteiger partial charge in [-0.1, -0.05) is 30.3 Å². The smallest absolute Gasteiger partial charge is 0.407 e. The zero-order valence-corrected chi connectivity index (χ0v) is 10.8. The second kappa shape index (κ2) is 6.75. The summed E-state index contributed by atoms with van der Waals surface area (Å²) in [6.07, 6.45) is -0.942. The van der Waals surface area contributed by atoms with Gasteiger partial charge >= 0.3 is 12.1 Å². The standard InChI is InChI=1S/C13H18N2O4/c1-13(9-14,7-11(16)17)15-12(18)19-8-10-5-3-2-4-6-10/h2-6H,7-9,14H2,1H3,(H,15,18)(H,16,17). The molecule has 0 aliphatic rings. The van der Waals surface area contributed by atoms with Crippen LogP contribution < -0.4 is 11.1 Å². The number of carbonyl (C=O) groups excluding carboxylic acids is 1. The van der Waals surface area contributed by atoms with Crippen molar-refractivity contribution in [3.63, 3.8) is 0 Å². The van der Waals surface area contributed by atoms with Crippen molar-refractivity contribution in [2.45, 2.75) is 25.5 Å². The number of nitrogens with two attached hydrogens (primary N) is 1. The van der Waals surface area contributed by atoms with Crippen LogP contribution in [0.5, 0.6) is 0 Å². The van der Waals surface area contributed by atoms with Crippen molar-refractivity contribution in [1.29, 1.82) is 0 Å². The van der Waals surface area contributed by atoms with E-state index in [-0.39, 0.29) is 19.6 Å². The average Bonchev–Trinajstić information content (AvgIpc) is 2.36. The summed E-state index contributed by atoms with van der Waals surface area (Å²) in [7, 11) is 0.